The molecule has 94 valence electrons. The second-order valence-corrected chi connectivity index (χ2v) is 4.82. The molecular weight excluding hydrogens is 230 g/mol. The van der Waals surface area contributed by atoms with E-state index >= 15 is 0 Å². The predicted molar refractivity (Wildman–Crippen MR) is 69.5 cm³/mol. The van der Waals surface area contributed by atoms with Gasteiger partial charge in [-0.2, -0.15) is 0 Å². The summed E-state index contributed by atoms with van der Waals surface area (Å²) in [4.78, 5) is 19.1. The van der Waals surface area contributed by atoms with E-state index in [0.717, 1.165) is 10.9 Å². The number of benzene rings is 1. The number of anilines is 1. The third-order valence-corrected chi connectivity index (χ3v) is 2.59. The van der Waals surface area contributed by atoms with E-state index < -0.39 is 11.5 Å². The van der Waals surface area contributed by atoms with Gasteiger partial charge in [-0.3, -0.25) is 4.79 Å². The van der Waals surface area contributed by atoms with Crippen LogP contribution in [0, 0.1) is 0 Å². The second kappa shape index (κ2) is 4.60. The SMILES string of the molecule is CC(C)(CC(=O)O)Nc1ncnc2ccccc12. The van der Waals surface area contributed by atoms with Gasteiger partial charge in [0.2, 0.25) is 0 Å². The van der Waals surface area contributed by atoms with Gasteiger partial charge in [0.05, 0.1) is 11.9 Å². The van der Waals surface area contributed by atoms with Crippen molar-refractivity contribution in [1.29, 1.82) is 0 Å². The number of hydrogen-bond acceptors (Lipinski definition) is 4. The molecule has 0 saturated heterocycles. The van der Waals surface area contributed by atoms with E-state index in [1.807, 2.05) is 38.1 Å². The van der Waals surface area contributed by atoms with Gasteiger partial charge in [-0.05, 0) is 26.0 Å². The summed E-state index contributed by atoms with van der Waals surface area (Å²) < 4.78 is 0. The number of fused-ring (bicyclic) bond motifs is 1. The van der Waals surface area contributed by atoms with Crippen LogP contribution in [0.4, 0.5) is 5.82 Å². The second-order valence-electron chi connectivity index (χ2n) is 4.82. The molecular formula is C13H15N3O2. The van der Waals surface area contributed by atoms with Gasteiger partial charge in [0.15, 0.2) is 0 Å². The topological polar surface area (TPSA) is 75.1 Å². The van der Waals surface area contributed by atoms with Crippen molar-refractivity contribution in [2.45, 2.75) is 25.8 Å². The maximum Gasteiger partial charge on any atom is 0.305 e. The molecule has 0 aliphatic carbocycles. The fraction of sp³-hybridized carbons (Fsp3) is 0.308. The molecule has 2 N–H and O–H groups in total. The largest absolute Gasteiger partial charge is 0.481 e. The Bertz CT molecular complexity index is 576. The van der Waals surface area contributed by atoms with Gasteiger partial charge in [0, 0.05) is 10.9 Å². The van der Waals surface area contributed by atoms with E-state index in [2.05, 4.69) is 15.3 Å². The maximum absolute atomic E-state index is 10.8. The zero-order valence-corrected chi connectivity index (χ0v) is 10.3. The molecule has 2 aromatic rings. The van der Waals surface area contributed by atoms with Crippen LogP contribution in [0.15, 0.2) is 30.6 Å². The number of rotatable bonds is 4. The molecule has 1 heterocycles. The number of aliphatic carboxylic acids is 1. The first kappa shape index (κ1) is 12.3. The Morgan fingerprint density at radius 2 is 2.06 bits per heavy atom. The van der Waals surface area contributed by atoms with Gasteiger partial charge < -0.3 is 10.4 Å². The third kappa shape index (κ3) is 2.74. The lowest BCUT2D eigenvalue weighted by Crippen LogP contribution is -2.34. The predicted octanol–water partition coefficient (Wildman–Crippen LogP) is 2.29. The lowest BCUT2D eigenvalue weighted by Gasteiger charge is -2.25. The number of para-hydroxylation sites is 1. The monoisotopic (exact) mass is 245 g/mol. The molecule has 0 spiro atoms. The zero-order valence-electron chi connectivity index (χ0n) is 10.3. The summed E-state index contributed by atoms with van der Waals surface area (Å²) in [5.74, 6) is -0.183. The van der Waals surface area contributed by atoms with Gasteiger partial charge in [-0.1, -0.05) is 12.1 Å². The van der Waals surface area contributed by atoms with Crippen molar-refractivity contribution in [2.24, 2.45) is 0 Å². The number of carboxylic acids is 1. The lowest BCUT2D eigenvalue weighted by atomic mass is 10.0. The van der Waals surface area contributed by atoms with Gasteiger partial charge >= 0.3 is 5.97 Å². The van der Waals surface area contributed by atoms with Crippen LogP contribution in [-0.4, -0.2) is 26.6 Å². The van der Waals surface area contributed by atoms with E-state index in [-0.39, 0.29) is 6.42 Å². The number of nitrogens with zero attached hydrogens (tertiary/aromatic N) is 2. The van der Waals surface area contributed by atoms with Crippen LogP contribution in [-0.2, 0) is 4.79 Å². The Balaban J connectivity index is 2.34. The number of hydrogen-bond donors (Lipinski definition) is 2. The summed E-state index contributed by atoms with van der Waals surface area (Å²) in [6, 6.07) is 7.61. The van der Waals surface area contributed by atoms with Crippen LogP contribution in [0.1, 0.15) is 20.3 Å². The molecule has 1 aromatic carbocycles. The van der Waals surface area contributed by atoms with Crippen LogP contribution in [0.25, 0.3) is 10.9 Å². The zero-order chi connectivity index (χ0) is 13.2. The van der Waals surface area contributed by atoms with Crippen molar-refractivity contribution >= 4 is 22.7 Å². The molecule has 0 aliphatic heterocycles. The number of carboxylic acid groups (broad SMARTS) is 1. The van der Waals surface area contributed by atoms with Crippen molar-refractivity contribution in [1.82, 2.24) is 9.97 Å². The first-order valence-electron chi connectivity index (χ1n) is 5.68. The minimum atomic E-state index is -0.842. The average Bonchev–Trinajstić information content (AvgIpc) is 2.27. The summed E-state index contributed by atoms with van der Waals surface area (Å²) in [5.41, 5.74) is 0.268. The molecule has 2 rings (SSSR count). The molecule has 1 aromatic heterocycles. The van der Waals surface area contributed by atoms with E-state index in [9.17, 15) is 4.79 Å². The smallest absolute Gasteiger partial charge is 0.305 e. The third-order valence-electron chi connectivity index (χ3n) is 2.59. The van der Waals surface area contributed by atoms with Crippen LogP contribution < -0.4 is 5.32 Å². The summed E-state index contributed by atoms with van der Waals surface area (Å²) in [5, 5.41) is 12.9. The minimum absolute atomic E-state index is 0.0192. The Kier molecular flexibility index (Phi) is 3.14. The maximum atomic E-state index is 10.8. The quantitative estimate of drug-likeness (QED) is 0.864. The number of nitrogens with one attached hydrogen (secondary N) is 1. The minimum Gasteiger partial charge on any atom is -0.481 e. The number of aromatic nitrogens is 2. The van der Waals surface area contributed by atoms with Gasteiger partial charge in [0.1, 0.15) is 12.1 Å². The summed E-state index contributed by atoms with van der Waals surface area (Å²) in [6.45, 7) is 3.66. The lowest BCUT2D eigenvalue weighted by molar-refractivity contribution is -0.137. The van der Waals surface area contributed by atoms with E-state index in [1.54, 1.807) is 0 Å². The van der Waals surface area contributed by atoms with Crippen LogP contribution >= 0.6 is 0 Å². The van der Waals surface area contributed by atoms with Crippen molar-refractivity contribution in [3.05, 3.63) is 30.6 Å². The molecule has 0 fully saturated rings. The Labute approximate surface area is 105 Å². The molecule has 0 bridgehead atoms. The highest BCUT2D eigenvalue weighted by atomic mass is 16.4. The highest BCUT2D eigenvalue weighted by molar-refractivity contribution is 5.89. The number of carbonyl (C=O) groups is 1. The highest BCUT2D eigenvalue weighted by Gasteiger charge is 2.22. The molecule has 5 nitrogen and oxygen atoms in total. The highest BCUT2D eigenvalue weighted by Crippen LogP contribution is 2.23. The van der Waals surface area contributed by atoms with Crippen molar-refractivity contribution in [2.75, 3.05) is 5.32 Å². The van der Waals surface area contributed by atoms with Crippen LogP contribution in [0.2, 0.25) is 0 Å². The van der Waals surface area contributed by atoms with Gasteiger partial charge in [0.25, 0.3) is 0 Å². The first-order valence-corrected chi connectivity index (χ1v) is 5.68. The van der Waals surface area contributed by atoms with Crippen molar-refractivity contribution in [3.8, 4) is 0 Å². The van der Waals surface area contributed by atoms with E-state index in [1.165, 1.54) is 6.33 Å². The average molecular weight is 245 g/mol. The van der Waals surface area contributed by atoms with Crippen LogP contribution in [0.5, 0.6) is 0 Å². The molecule has 0 atom stereocenters. The molecule has 0 amide bonds. The normalized spacial score (nSPS) is 11.4. The van der Waals surface area contributed by atoms with Crippen LogP contribution in [0.3, 0.4) is 0 Å². The standard InChI is InChI=1S/C13H15N3O2/c1-13(2,7-11(17)18)16-12-9-5-3-4-6-10(9)14-8-15-12/h3-6,8H,7H2,1-2H3,(H,17,18)(H,14,15,16). The molecule has 18 heavy (non-hydrogen) atoms. The van der Waals surface area contributed by atoms with Gasteiger partial charge in [-0.25, -0.2) is 9.97 Å². The van der Waals surface area contributed by atoms with E-state index in [4.69, 9.17) is 5.11 Å². The van der Waals surface area contributed by atoms with E-state index in [0.29, 0.717) is 5.82 Å². The van der Waals surface area contributed by atoms with Crippen molar-refractivity contribution < 1.29 is 9.90 Å². The van der Waals surface area contributed by atoms with Crippen molar-refractivity contribution in [3.63, 3.8) is 0 Å². The fourth-order valence-electron chi connectivity index (χ4n) is 1.85. The fourth-order valence-corrected chi connectivity index (χ4v) is 1.85. The molecule has 0 radical (unpaired) electrons. The van der Waals surface area contributed by atoms with Gasteiger partial charge in [-0.15, -0.1) is 0 Å². The first-order chi connectivity index (χ1) is 8.48. The molecule has 0 aliphatic rings. The Morgan fingerprint density at radius 3 is 2.78 bits per heavy atom. The summed E-state index contributed by atoms with van der Waals surface area (Å²) in [6.07, 6.45) is 1.49. The molecule has 0 unspecified atom stereocenters. The summed E-state index contributed by atoms with van der Waals surface area (Å²) in [7, 11) is 0. The Morgan fingerprint density at radius 1 is 1.33 bits per heavy atom. The summed E-state index contributed by atoms with van der Waals surface area (Å²) >= 11 is 0. The molecule has 5 heteroatoms. The Hall–Kier alpha value is -2.17. The molecule has 0 saturated carbocycles.